The number of nitrogens with zero attached hydrogens (tertiary/aromatic N) is 2. The van der Waals surface area contributed by atoms with Crippen LogP contribution in [-0.4, -0.2) is 46.4 Å². The molecule has 0 unspecified atom stereocenters. The molecule has 2 rings (SSSR count). The Labute approximate surface area is 168 Å². The number of guanidine groups is 1. The van der Waals surface area contributed by atoms with Gasteiger partial charge in [-0.25, -0.2) is 12.7 Å². The summed E-state index contributed by atoms with van der Waals surface area (Å²) in [6.07, 6.45) is 0.884. The number of benzene rings is 2. The second-order valence-electron chi connectivity index (χ2n) is 6.99. The minimum atomic E-state index is -3.49. The van der Waals surface area contributed by atoms with Crippen LogP contribution in [0.15, 0.2) is 52.4 Å². The van der Waals surface area contributed by atoms with Gasteiger partial charge in [0.15, 0.2) is 5.96 Å². The maximum Gasteiger partial charge on any atom is 0.242 e. The van der Waals surface area contributed by atoms with Gasteiger partial charge in [0.1, 0.15) is 0 Å². The molecule has 0 aromatic heterocycles. The lowest BCUT2D eigenvalue weighted by atomic mass is 10.1. The molecule has 0 atom stereocenters. The summed E-state index contributed by atoms with van der Waals surface area (Å²) in [5.41, 5.74) is 4.50. The van der Waals surface area contributed by atoms with E-state index in [1.165, 1.54) is 35.1 Å². The number of aryl methyl sites for hydroxylation is 2. The standard InChI is InChI=1S/C21H30N4O2S/c1-16-12-17(2)14-18(13-16)10-11-23-21(22-3)24-15-19-8-6-7-9-20(19)28(26,27)25(4)5/h6-9,12-14H,10-11,15H2,1-5H3,(H2,22,23,24). The van der Waals surface area contributed by atoms with Crippen molar-refractivity contribution in [2.45, 2.75) is 31.7 Å². The van der Waals surface area contributed by atoms with Crippen LogP contribution in [0.4, 0.5) is 0 Å². The van der Waals surface area contributed by atoms with Crippen LogP contribution in [0.2, 0.25) is 0 Å². The van der Waals surface area contributed by atoms with Crippen LogP contribution in [0, 0.1) is 13.8 Å². The molecular formula is C21H30N4O2S. The molecule has 0 fully saturated rings. The molecule has 0 saturated carbocycles. The highest BCUT2D eigenvalue weighted by atomic mass is 32.2. The first-order valence-electron chi connectivity index (χ1n) is 9.26. The van der Waals surface area contributed by atoms with Gasteiger partial charge in [-0.2, -0.15) is 0 Å². The number of aliphatic imine (C=N–C) groups is 1. The highest BCUT2D eigenvalue weighted by Gasteiger charge is 2.20. The van der Waals surface area contributed by atoms with E-state index in [0.717, 1.165) is 13.0 Å². The van der Waals surface area contributed by atoms with Crippen molar-refractivity contribution in [2.75, 3.05) is 27.7 Å². The Kier molecular flexibility index (Phi) is 7.60. The lowest BCUT2D eigenvalue weighted by Crippen LogP contribution is -2.38. The fourth-order valence-corrected chi connectivity index (χ4v) is 4.15. The molecule has 2 N–H and O–H groups in total. The minimum absolute atomic E-state index is 0.304. The van der Waals surface area contributed by atoms with E-state index in [1.807, 2.05) is 12.1 Å². The number of rotatable bonds is 7. The Morgan fingerprint density at radius 3 is 2.29 bits per heavy atom. The van der Waals surface area contributed by atoms with Crippen molar-refractivity contribution < 1.29 is 8.42 Å². The monoisotopic (exact) mass is 402 g/mol. The predicted molar refractivity (Wildman–Crippen MR) is 115 cm³/mol. The molecule has 6 nitrogen and oxygen atoms in total. The Bertz CT molecular complexity index is 917. The molecule has 0 aliphatic rings. The average molecular weight is 403 g/mol. The van der Waals surface area contributed by atoms with E-state index in [0.29, 0.717) is 23.0 Å². The predicted octanol–water partition coefficient (Wildman–Crippen LogP) is 2.46. The largest absolute Gasteiger partial charge is 0.356 e. The van der Waals surface area contributed by atoms with E-state index in [2.05, 4.69) is 47.7 Å². The van der Waals surface area contributed by atoms with Crippen molar-refractivity contribution in [3.63, 3.8) is 0 Å². The molecule has 0 heterocycles. The molecule has 0 radical (unpaired) electrons. The number of hydrogen-bond donors (Lipinski definition) is 2. The molecule has 0 spiro atoms. The highest BCUT2D eigenvalue weighted by Crippen LogP contribution is 2.18. The number of hydrogen-bond acceptors (Lipinski definition) is 3. The van der Waals surface area contributed by atoms with E-state index in [1.54, 1.807) is 19.2 Å². The Balaban J connectivity index is 1.98. The normalized spacial score (nSPS) is 12.3. The third-order valence-corrected chi connectivity index (χ3v) is 6.30. The van der Waals surface area contributed by atoms with Crippen LogP contribution in [0.1, 0.15) is 22.3 Å². The summed E-state index contributed by atoms with van der Waals surface area (Å²) in [5, 5.41) is 6.49. The second-order valence-corrected chi connectivity index (χ2v) is 9.11. The molecule has 2 aromatic rings. The lowest BCUT2D eigenvalue weighted by molar-refractivity contribution is 0.519. The van der Waals surface area contributed by atoms with Crippen LogP contribution >= 0.6 is 0 Å². The van der Waals surface area contributed by atoms with Gasteiger partial charge in [0.2, 0.25) is 10.0 Å². The van der Waals surface area contributed by atoms with Gasteiger partial charge in [0.05, 0.1) is 4.90 Å². The molecule has 0 aliphatic heterocycles. The van der Waals surface area contributed by atoms with Crippen molar-refractivity contribution in [1.29, 1.82) is 0 Å². The van der Waals surface area contributed by atoms with Gasteiger partial charge in [-0.1, -0.05) is 47.5 Å². The van der Waals surface area contributed by atoms with Gasteiger partial charge in [0.25, 0.3) is 0 Å². The molecule has 152 valence electrons. The second kappa shape index (κ2) is 9.71. The van der Waals surface area contributed by atoms with E-state index in [4.69, 9.17) is 0 Å². The van der Waals surface area contributed by atoms with Crippen LogP contribution in [0.5, 0.6) is 0 Å². The van der Waals surface area contributed by atoms with Crippen molar-refractivity contribution in [2.24, 2.45) is 4.99 Å². The number of nitrogens with one attached hydrogen (secondary N) is 2. The van der Waals surface area contributed by atoms with Gasteiger partial charge < -0.3 is 10.6 Å². The molecule has 0 bridgehead atoms. The quantitative estimate of drug-likeness (QED) is 0.551. The van der Waals surface area contributed by atoms with Crippen LogP contribution in [-0.2, 0) is 23.0 Å². The fourth-order valence-electron chi connectivity index (χ4n) is 3.04. The molecule has 0 amide bonds. The van der Waals surface area contributed by atoms with Gasteiger partial charge >= 0.3 is 0 Å². The zero-order valence-corrected chi connectivity index (χ0v) is 18.1. The molecular weight excluding hydrogens is 372 g/mol. The van der Waals surface area contributed by atoms with Crippen LogP contribution in [0.3, 0.4) is 0 Å². The van der Waals surface area contributed by atoms with E-state index < -0.39 is 10.0 Å². The summed E-state index contributed by atoms with van der Waals surface area (Å²) in [7, 11) is 1.28. The minimum Gasteiger partial charge on any atom is -0.356 e. The van der Waals surface area contributed by atoms with Crippen molar-refractivity contribution in [3.05, 3.63) is 64.7 Å². The van der Waals surface area contributed by atoms with E-state index in [-0.39, 0.29) is 0 Å². The Morgan fingerprint density at radius 1 is 1.04 bits per heavy atom. The zero-order valence-electron chi connectivity index (χ0n) is 17.3. The maximum atomic E-state index is 12.5. The molecule has 28 heavy (non-hydrogen) atoms. The topological polar surface area (TPSA) is 73.8 Å². The first-order chi connectivity index (χ1) is 13.2. The summed E-state index contributed by atoms with van der Waals surface area (Å²) in [4.78, 5) is 4.53. The van der Waals surface area contributed by atoms with Gasteiger partial charge in [-0.05, 0) is 37.5 Å². The maximum absolute atomic E-state index is 12.5. The lowest BCUT2D eigenvalue weighted by Gasteiger charge is -2.17. The summed E-state index contributed by atoms with van der Waals surface area (Å²) >= 11 is 0. The zero-order chi connectivity index (χ0) is 20.7. The molecule has 7 heteroatoms. The SMILES string of the molecule is CN=C(NCCc1cc(C)cc(C)c1)NCc1ccccc1S(=O)(=O)N(C)C. The summed E-state index contributed by atoms with van der Waals surface area (Å²) in [5.74, 6) is 0.640. The Morgan fingerprint density at radius 2 is 1.68 bits per heavy atom. The highest BCUT2D eigenvalue weighted by molar-refractivity contribution is 7.89. The van der Waals surface area contributed by atoms with Crippen LogP contribution < -0.4 is 10.6 Å². The number of sulfonamides is 1. The summed E-state index contributed by atoms with van der Waals surface area (Å²) in [6.45, 7) is 5.31. The van der Waals surface area contributed by atoms with Crippen molar-refractivity contribution >= 4 is 16.0 Å². The van der Waals surface area contributed by atoms with Gasteiger partial charge in [-0.15, -0.1) is 0 Å². The van der Waals surface area contributed by atoms with Crippen LogP contribution in [0.25, 0.3) is 0 Å². The average Bonchev–Trinajstić information content (AvgIpc) is 2.63. The van der Waals surface area contributed by atoms with Gasteiger partial charge in [-0.3, -0.25) is 4.99 Å². The van der Waals surface area contributed by atoms with Gasteiger partial charge in [0, 0.05) is 34.2 Å². The molecule has 2 aromatic carbocycles. The fraction of sp³-hybridized carbons (Fsp3) is 0.381. The van der Waals surface area contributed by atoms with E-state index in [9.17, 15) is 8.42 Å². The third-order valence-electron chi connectivity index (χ3n) is 4.39. The smallest absolute Gasteiger partial charge is 0.242 e. The third kappa shape index (κ3) is 5.81. The van der Waals surface area contributed by atoms with Crippen molar-refractivity contribution in [3.8, 4) is 0 Å². The first-order valence-corrected chi connectivity index (χ1v) is 10.7. The van der Waals surface area contributed by atoms with Crippen molar-refractivity contribution in [1.82, 2.24) is 14.9 Å². The summed E-state index contributed by atoms with van der Waals surface area (Å²) in [6, 6.07) is 13.5. The summed E-state index contributed by atoms with van der Waals surface area (Å²) < 4.78 is 26.2. The molecule has 0 aliphatic carbocycles. The Hall–Kier alpha value is -2.38. The molecule has 0 saturated heterocycles. The van der Waals surface area contributed by atoms with E-state index >= 15 is 0 Å². The first kappa shape index (κ1) is 21.9.